The Morgan fingerprint density at radius 2 is 1.85 bits per heavy atom. The van der Waals surface area contributed by atoms with E-state index in [0.29, 0.717) is 11.5 Å². The Kier molecular flexibility index (Phi) is 5.58. The van der Waals surface area contributed by atoms with Crippen LogP contribution in [0, 0.1) is 13.8 Å². The largest absolute Gasteiger partial charge is 0.343 e. The van der Waals surface area contributed by atoms with Crippen LogP contribution in [0.25, 0.3) is 0 Å². The van der Waals surface area contributed by atoms with Gasteiger partial charge >= 0.3 is 0 Å². The molecular formula is C19H21N5OS. The normalized spacial score (nSPS) is 11.8. The number of nitrogens with one attached hydrogen (secondary N) is 2. The standard InChI is InChI=1S/C19H21N5OS/c1-4-16(18-22-12(2)13(3)26-18)24-17(25)14-10-20-19(21-11-14)23-15-8-6-5-7-9-15/h5-11,16H,4H2,1-3H3,(H,24,25)(H,20,21,23)/t16-/m1/s1. The van der Waals surface area contributed by atoms with E-state index in [1.54, 1.807) is 11.3 Å². The van der Waals surface area contributed by atoms with Gasteiger partial charge in [-0.05, 0) is 32.4 Å². The second-order valence-corrected chi connectivity index (χ2v) is 7.15. The quantitative estimate of drug-likeness (QED) is 0.683. The molecule has 1 atom stereocenters. The highest BCUT2D eigenvalue weighted by Gasteiger charge is 2.18. The molecule has 0 saturated heterocycles. The number of para-hydroxylation sites is 1. The van der Waals surface area contributed by atoms with Gasteiger partial charge in [0, 0.05) is 23.0 Å². The first kappa shape index (κ1) is 18.0. The fourth-order valence-corrected chi connectivity index (χ4v) is 3.44. The van der Waals surface area contributed by atoms with Gasteiger partial charge in [-0.3, -0.25) is 4.79 Å². The van der Waals surface area contributed by atoms with Crippen LogP contribution >= 0.6 is 11.3 Å². The Morgan fingerprint density at radius 1 is 1.15 bits per heavy atom. The van der Waals surface area contributed by atoms with Crippen LogP contribution in [0.5, 0.6) is 0 Å². The maximum atomic E-state index is 12.5. The predicted molar refractivity (Wildman–Crippen MR) is 104 cm³/mol. The van der Waals surface area contributed by atoms with Gasteiger partial charge in [0.05, 0.1) is 17.3 Å². The van der Waals surface area contributed by atoms with E-state index >= 15 is 0 Å². The smallest absolute Gasteiger partial charge is 0.254 e. The lowest BCUT2D eigenvalue weighted by Crippen LogP contribution is -2.28. The molecule has 0 spiro atoms. The first-order valence-electron chi connectivity index (χ1n) is 8.45. The molecule has 0 unspecified atom stereocenters. The van der Waals surface area contributed by atoms with Crippen LogP contribution in [0.15, 0.2) is 42.7 Å². The van der Waals surface area contributed by atoms with Crippen molar-refractivity contribution in [2.24, 2.45) is 0 Å². The topological polar surface area (TPSA) is 79.8 Å². The molecule has 3 aromatic rings. The van der Waals surface area contributed by atoms with Crippen LogP contribution in [0.1, 0.15) is 45.3 Å². The Bertz CT molecular complexity index is 857. The Balaban J connectivity index is 1.67. The number of aryl methyl sites for hydroxylation is 2. The Morgan fingerprint density at radius 3 is 2.42 bits per heavy atom. The molecular weight excluding hydrogens is 346 g/mol. The van der Waals surface area contributed by atoms with Gasteiger partial charge in [0.25, 0.3) is 5.91 Å². The lowest BCUT2D eigenvalue weighted by Gasteiger charge is -2.14. The van der Waals surface area contributed by atoms with Crippen molar-refractivity contribution in [3.05, 3.63) is 63.9 Å². The van der Waals surface area contributed by atoms with Crippen molar-refractivity contribution in [1.82, 2.24) is 20.3 Å². The number of hydrogen-bond acceptors (Lipinski definition) is 6. The highest BCUT2D eigenvalue weighted by molar-refractivity contribution is 7.11. The highest BCUT2D eigenvalue weighted by Crippen LogP contribution is 2.25. The molecule has 0 bridgehead atoms. The molecule has 0 aliphatic carbocycles. The number of aromatic nitrogens is 3. The summed E-state index contributed by atoms with van der Waals surface area (Å²) < 4.78 is 0. The molecule has 2 N–H and O–H groups in total. The molecule has 0 radical (unpaired) electrons. The molecule has 1 aromatic carbocycles. The van der Waals surface area contributed by atoms with Crippen molar-refractivity contribution in [3.8, 4) is 0 Å². The number of thiazole rings is 1. The fourth-order valence-electron chi connectivity index (χ4n) is 2.39. The minimum Gasteiger partial charge on any atom is -0.343 e. The Hall–Kier alpha value is -2.80. The summed E-state index contributed by atoms with van der Waals surface area (Å²) in [6, 6.07) is 9.53. The summed E-state index contributed by atoms with van der Waals surface area (Å²) in [5.74, 6) is 0.250. The van der Waals surface area contributed by atoms with Gasteiger partial charge in [-0.25, -0.2) is 15.0 Å². The summed E-state index contributed by atoms with van der Waals surface area (Å²) in [6.07, 6.45) is 3.82. The van der Waals surface area contributed by atoms with E-state index in [2.05, 4.69) is 25.6 Å². The molecule has 7 heteroatoms. The number of carbonyl (C=O) groups excluding carboxylic acids is 1. The zero-order chi connectivity index (χ0) is 18.5. The first-order valence-corrected chi connectivity index (χ1v) is 9.27. The summed E-state index contributed by atoms with van der Waals surface area (Å²) in [5, 5.41) is 7.04. The van der Waals surface area contributed by atoms with Crippen LogP contribution in [-0.2, 0) is 0 Å². The number of rotatable bonds is 6. The average Bonchev–Trinajstić information content (AvgIpc) is 2.99. The summed E-state index contributed by atoms with van der Waals surface area (Å²) in [7, 11) is 0. The van der Waals surface area contributed by atoms with Crippen molar-refractivity contribution >= 4 is 28.9 Å². The fraction of sp³-hybridized carbons (Fsp3) is 0.263. The van der Waals surface area contributed by atoms with E-state index in [4.69, 9.17) is 0 Å². The number of hydrogen-bond donors (Lipinski definition) is 2. The number of carbonyl (C=O) groups is 1. The minimum atomic E-state index is -0.200. The van der Waals surface area contributed by atoms with Gasteiger partial charge in [-0.1, -0.05) is 25.1 Å². The first-order chi connectivity index (χ1) is 12.6. The summed E-state index contributed by atoms with van der Waals surface area (Å²) in [4.78, 5) is 26.7. The molecule has 134 valence electrons. The molecule has 2 aromatic heterocycles. The summed E-state index contributed by atoms with van der Waals surface area (Å²) in [5.41, 5.74) is 2.33. The second-order valence-electron chi connectivity index (χ2n) is 5.91. The zero-order valence-corrected chi connectivity index (χ0v) is 15.8. The third-order valence-electron chi connectivity index (χ3n) is 4.00. The molecule has 0 aliphatic heterocycles. The van der Waals surface area contributed by atoms with Crippen molar-refractivity contribution in [3.63, 3.8) is 0 Å². The van der Waals surface area contributed by atoms with Crippen molar-refractivity contribution in [2.75, 3.05) is 5.32 Å². The molecule has 1 amide bonds. The molecule has 2 heterocycles. The van der Waals surface area contributed by atoms with Gasteiger partial charge in [0.15, 0.2) is 0 Å². The van der Waals surface area contributed by atoms with E-state index in [-0.39, 0.29) is 11.9 Å². The number of nitrogens with zero attached hydrogens (tertiary/aromatic N) is 3. The highest BCUT2D eigenvalue weighted by atomic mass is 32.1. The summed E-state index contributed by atoms with van der Waals surface area (Å²) >= 11 is 1.62. The molecule has 26 heavy (non-hydrogen) atoms. The molecule has 0 fully saturated rings. The zero-order valence-electron chi connectivity index (χ0n) is 15.0. The van der Waals surface area contributed by atoms with E-state index in [1.165, 1.54) is 17.3 Å². The third kappa shape index (κ3) is 4.23. The van der Waals surface area contributed by atoms with Gasteiger partial charge in [0.2, 0.25) is 5.95 Å². The monoisotopic (exact) mass is 367 g/mol. The van der Waals surface area contributed by atoms with Crippen molar-refractivity contribution < 1.29 is 4.79 Å². The number of amides is 1. The van der Waals surface area contributed by atoms with Gasteiger partial charge in [-0.2, -0.15) is 0 Å². The molecule has 0 saturated carbocycles. The van der Waals surface area contributed by atoms with Crippen molar-refractivity contribution in [1.29, 1.82) is 0 Å². The molecule has 0 aliphatic rings. The van der Waals surface area contributed by atoms with Crippen LogP contribution in [0.2, 0.25) is 0 Å². The summed E-state index contributed by atoms with van der Waals surface area (Å²) in [6.45, 7) is 6.05. The number of benzene rings is 1. The van der Waals surface area contributed by atoms with E-state index in [0.717, 1.165) is 22.8 Å². The number of anilines is 2. The van der Waals surface area contributed by atoms with E-state index in [1.807, 2.05) is 51.1 Å². The van der Waals surface area contributed by atoms with Crippen LogP contribution in [-0.4, -0.2) is 20.9 Å². The van der Waals surface area contributed by atoms with Gasteiger partial charge < -0.3 is 10.6 Å². The average molecular weight is 367 g/mol. The third-order valence-corrected chi connectivity index (χ3v) is 5.19. The molecule has 6 nitrogen and oxygen atoms in total. The van der Waals surface area contributed by atoms with Crippen LogP contribution in [0.3, 0.4) is 0 Å². The minimum absolute atomic E-state index is 0.109. The van der Waals surface area contributed by atoms with E-state index < -0.39 is 0 Å². The second kappa shape index (κ2) is 8.05. The maximum absolute atomic E-state index is 12.5. The van der Waals surface area contributed by atoms with Crippen LogP contribution in [0.4, 0.5) is 11.6 Å². The predicted octanol–water partition coefficient (Wildman–Crippen LogP) is 4.17. The molecule has 3 rings (SSSR count). The van der Waals surface area contributed by atoms with Crippen molar-refractivity contribution in [2.45, 2.75) is 33.2 Å². The Labute approximate surface area is 156 Å². The lowest BCUT2D eigenvalue weighted by atomic mass is 10.2. The van der Waals surface area contributed by atoms with Gasteiger partial charge in [0.1, 0.15) is 5.01 Å². The maximum Gasteiger partial charge on any atom is 0.254 e. The van der Waals surface area contributed by atoms with Crippen LogP contribution < -0.4 is 10.6 Å². The van der Waals surface area contributed by atoms with Gasteiger partial charge in [-0.15, -0.1) is 11.3 Å². The SMILES string of the molecule is CC[C@@H](NC(=O)c1cnc(Nc2ccccc2)nc1)c1nc(C)c(C)s1. The lowest BCUT2D eigenvalue weighted by molar-refractivity contribution is 0.0934. The van der Waals surface area contributed by atoms with E-state index in [9.17, 15) is 4.79 Å².